The monoisotopic (exact) mass is 291 g/mol. The van der Waals surface area contributed by atoms with Crippen LogP contribution < -0.4 is 0 Å². The van der Waals surface area contributed by atoms with Gasteiger partial charge in [-0.1, -0.05) is 29.8 Å². The fourth-order valence-corrected chi connectivity index (χ4v) is 3.01. The number of ether oxygens (including phenoxy) is 1. The fraction of sp³-hybridized carbons (Fsp3) is 1.00. The van der Waals surface area contributed by atoms with E-state index in [0.717, 1.165) is 24.5 Å². The van der Waals surface area contributed by atoms with E-state index in [-0.39, 0.29) is 0 Å². The van der Waals surface area contributed by atoms with Crippen LogP contribution in [0.25, 0.3) is 0 Å². The van der Waals surface area contributed by atoms with E-state index in [9.17, 15) is 0 Å². The van der Waals surface area contributed by atoms with Gasteiger partial charge in [-0.15, -0.1) is 0 Å². The molecule has 3 heteroatoms. The smallest absolute Gasteiger partial charge is 0.0472 e. The van der Waals surface area contributed by atoms with Crippen LogP contribution in [0, 0.1) is 11.3 Å². The Morgan fingerprint density at radius 2 is 1.94 bits per heavy atom. The van der Waals surface area contributed by atoms with Crippen LogP contribution in [0.1, 0.15) is 33.1 Å². The Bertz CT molecular complexity index is 190. The highest BCUT2D eigenvalue weighted by molar-refractivity contribution is 9.09. The molecular weight excluding hydrogens is 266 g/mol. The van der Waals surface area contributed by atoms with Crippen LogP contribution in [0.4, 0.5) is 0 Å². The molecule has 0 amide bonds. The maximum absolute atomic E-state index is 5.47. The second-order valence-corrected chi connectivity index (χ2v) is 6.23. The Morgan fingerprint density at radius 1 is 1.31 bits per heavy atom. The Balaban J connectivity index is 2.36. The molecule has 0 unspecified atom stereocenters. The molecule has 0 atom stereocenters. The van der Waals surface area contributed by atoms with Gasteiger partial charge in [0.25, 0.3) is 0 Å². The van der Waals surface area contributed by atoms with Crippen LogP contribution in [0.3, 0.4) is 0 Å². The lowest BCUT2D eigenvalue weighted by Gasteiger charge is -2.39. The van der Waals surface area contributed by atoms with E-state index < -0.39 is 0 Å². The summed E-state index contributed by atoms with van der Waals surface area (Å²) >= 11 is 3.69. The summed E-state index contributed by atoms with van der Waals surface area (Å²) < 4.78 is 5.47. The quantitative estimate of drug-likeness (QED) is 0.697. The molecule has 0 N–H and O–H groups in total. The maximum Gasteiger partial charge on any atom is 0.0472 e. The first kappa shape index (κ1) is 14.5. The number of hydrogen-bond acceptors (Lipinski definition) is 2. The summed E-state index contributed by atoms with van der Waals surface area (Å²) in [7, 11) is 2.25. The normalized spacial score (nSPS) is 20.6. The molecule has 0 aromatic heterocycles. The first-order chi connectivity index (χ1) is 7.58. The van der Waals surface area contributed by atoms with Gasteiger partial charge in [-0.3, -0.25) is 0 Å². The fourth-order valence-electron chi connectivity index (χ4n) is 2.27. The van der Waals surface area contributed by atoms with Crippen molar-refractivity contribution in [1.29, 1.82) is 0 Å². The lowest BCUT2D eigenvalue weighted by molar-refractivity contribution is 0.0115. The summed E-state index contributed by atoms with van der Waals surface area (Å²) in [6.45, 7) is 8.87. The molecule has 1 aliphatic heterocycles. The highest BCUT2D eigenvalue weighted by Crippen LogP contribution is 2.33. The third-order valence-corrected chi connectivity index (χ3v) is 4.72. The highest BCUT2D eigenvalue weighted by Gasteiger charge is 2.32. The molecular formula is C13H26BrNO. The Labute approximate surface area is 109 Å². The van der Waals surface area contributed by atoms with E-state index in [1.165, 1.54) is 32.4 Å². The van der Waals surface area contributed by atoms with E-state index in [0.29, 0.717) is 5.41 Å². The van der Waals surface area contributed by atoms with E-state index in [2.05, 4.69) is 41.7 Å². The molecule has 0 saturated carbocycles. The molecule has 16 heavy (non-hydrogen) atoms. The summed E-state index contributed by atoms with van der Waals surface area (Å²) in [6, 6.07) is 0. The molecule has 0 aromatic carbocycles. The lowest BCUT2D eigenvalue weighted by atomic mass is 9.82. The van der Waals surface area contributed by atoms with Crippen LogP contribution in [0.2, 0.25) is 0 Å². The van der Waals surface area contributed by atoms with E-state index >= 15 is 0 Å². The zero-order valence-corrected chi connectivity index (χ0v) is 12.6. The van der Waals surface area contributed by atoms with Crippen molar-refractivity contribution in [1.82, 2.24) is 4.90 Å². The van der Waals surface area contributed by atoms with Gasteiger partial charge in [0, 0.05) is 25.1 Å². The van der Waals surface area contributed by atoms with Crippen LogP contribution in [-0.2, 0) is 4.74 Å². The molecule has 1 aliphatic rings. The first-order valence-electron chi connectivity index (χ1n) is 6.40. The predicted molar refractivity (Wildman–Crippen MR) is 73.2 cm³/mol. The second kappa shape index (κ2) is 6.97. The molecule has 1 rings (SSSR count). The van der Waals surface area contributed by atoms with Crippen molar-refractivity contribution in [3.63, 3.8) is 0 Å². The third-order valence-electron chi connectivity index (χ3n) is 3.53. The number of rotatable bonds is 6. The van der Waals surface area contributed by atoms with Gasteiger partial charge < -0.3 is 9.64 Å². The van der Waals surface area contributed by atoms with E-state index in [1.807, 2.05) is 0 Å². The van der Waals surface area contributed by atoms with Crippen molar-refractivity contribution < 1.29 is 4.74 Å². The van der Waals surface area contributed by atoms with Gasteiger partial charge in [0.2, 0.25) is 0 Å². The predicted octanol–water partition coefficient (Wildman–Crippen LogP) is 3.16. The van der Waals surface area contributed by atoms with Gasteiger partial charge in [0.15, 0.2) is 0 Å². The van der Waals surface area contributed by atoms with Crippen LogP contribution in [-0.4, -0.2) is 43.6 Å². The van der Waals surface area contributed by atoms with Crippen molar-refractivity contribution in [3.05, 3.63) is 0 Å². The van der Waals surface area contributed by atoms with E-state index in [1.54, 1.807) is 0 Å². The highest BCUT2D eigenvalue weighted by atomic mass is 79.9. The van der Waals surface area contributed by atoms with E-state index in [4.69, 9.17) is 4.74 Å². The number of halogens is 1. The number of nitrogens with zero attached hydrogens (tertiary/aromatic N) is 1. The van der Waals surface area contributed by atoms with Crippen LogP contribution in [0.5, 0.6) is 0 Å². The van der Waals surface area contributed by atoms with Gasteiger partial charge in [0.1, 0.15) is 0 Å². The molecule has 1 fully saturated rings. The van der Waals surface area contributed by atoms with Gasteiger partial charge >= 0.3 is 0 Å². The van der Waals surface area contributed by atoms with Crippen LogP contribution in [0.15, 0.2) is 0 Å². The standard InChI is InChI=1S/C13H26BrNO/c1-12(2)4-7-15(3)11-13(10-14)5-8-16-9-6-13/h12H,4-11H2,1-3H3. The Morgan fingerprint density at radius 3 is 2.44 bits per heavy atom. The Hall–Kier alpha value is 0.400. The van der Waals surface area contributed by atoms with Gasteiger partial charge in [0.05, 0.1) is 0 Å². The number of alkyl halides is 1. The molecule has 0 aliphatic carbocycles. The first-order valence-corrected chi connectivity index (χ1v) is 7.52. The summed E-state index contributed by atoms with van der Waals surface area (Å²) in [5.41, 5.74) is 0.448. The van der Waals surface area contributed by atoms with Crippen molar-refractivity contribution in [2.45, 2.75) is 33.1 Å². The summed E-state index contributed by atoms with van der Waals surface area (Å²) in [4.78, 5) is 2.49. The molecule has 1 heterocycles. The largest absolute Gasteiger partial charge is 0.381 e. The summed E-state index contributed by atoms with van der Waals surface area (Å²) in [6.07, 6.45) is 3.69. The molecule has 0 bridgehead atoms. The van der Waals surface area contributed by atoms with Crippen LogP contribution >= 0.6 is 15.9 Å². The molecule has 1 saturated heterocycles. The molecule has 2 nitrogen and oxygen atoms in total. The Kier molecular flexibility index (Phi) is 6.30. The minimum Gasteiger partial charge on any atom is -0.381 e. The van der Waals surface area contributed by atoms with Crippen molar-refractivity contribution in [3.8, 4) is 0 Å². The minimum atomic E-state index is 0.448. The topological polar surface area (TPSA) is 12.5 Å². The number of hydrogen-bond donors (Lipinski definition) is 0. The third kappa shape index (κ3) is 4.72. The lowest BCUT2D eigenvalue weighted by Crippen LogP contribution is -2.41. The molecule has 0 radical (unpaired) electrons. The summed E-state index contributed by atoms with van der Waals surface area (Å²) in [5, 5.41) is 1.11. The van der Waals surface area contributed by atoms with Crippen molar-refractivity contribution in [2.75, 3.05) is 38.7 Å². The zero-order valence-electron chi connectivity index (χ0n) is 11.0. The minimum absolute atomic E-state index is 0.448. The molecule has 0 spiro atoms. The maximum atomic E-state index is 5.47. The van der Waals surface area contributed by atoms with Gasteiger partial charge in [-0.05, 0) is 44.2 Å². The SMILES string of the molecule is CC(C)CCN(C)CC1(CBr)CCOCC1. The summed E-state index contributed by atoms with van der Waals surface area (Å²) in [5.74, 6) is 0.803. The van der Waals surface area contributed by atoms with Crippen molar-refractivity contribution >= 4 is 15.9 Å². The molecule has 0 aromatic rings. The zero-order chi connectivity index (χ0) is 12.0. The van der Waals surface area contributed by atoms with Gasteiger partial charge in [-0.2, -0.15) is 0 Å². The van der Waals surface area contributed by atoms with Gasteiger partial charge in [-0.25, -0.2) is 0 Å². The van der Waals surface area contributed by atoms with Crippen molar-refractivity contribution in [2.24, 2.45) is 11.3 Å². The molecule has 96 valence electrons. The average molecular weight is 292 g/mol. The second-order valence-electron chi connectivity index (χ2n) is 5.67. The average Bonchev–Trinajstić information content (AvgIpc) is 2.28.